The van der Waals surface area contributed by atoms with Gasteiger partial charge in [0.25, 0.3) is 0 Å². The topological polar surface area (TPSA) is 38.9 Å². The number of hydrogen-bond acceptors (Lipinski definition) is 3. The van der Waals surface area contributed by atoms with Gasteiger partial charge in [0.15, 0.2) is 0 Å². The predicted octanol–water partition coefficient (Wildman–Crippen LogP) is 3.98. The summed E-state index contributed by atoms with van der Waals surface area (Å²) >= 11 is 1.74. The van der Waals surface area contributed by atoms with Crippen LogP contribution in [0, 0.1) is 0 Å². The van der Waals surface area contributed by atoms with Crippen LogP contribution in [0.15, 0.2) is 60.7 Å². The summed E-state index contributed by atoms with van der Waals surface area (Å²) in [6.07, 6.45) is 0.870. The van der Waals surface area contributed by atoms with E-state index in [0.717, 1.165) is 28.2 Å². The summed E-state index contributed by atoms with van der Waals surface area (Å²) in [6.45, 7) is 0.649. The molecular weight excluding hydrogens is 264 g/mol. The molecule has 0 fully saturated rings. The molecular formula is C17H16N2S. The van der Waals surface area contributed by atoms with Crippen LogP contribution in [0.4, 0.5) is 0 Å². The van der Waals surface area contributed by atoms with Gasteiger partial charge in [-0.15, -0.1) is 11.3 Å². The first-order valence-electron chi connectivity index (χ1n) is 6.69. The molecule has 3 aromatic rings. The maximum absolute atomic E-state index is 5.73. The van der Waals surface area contributed by atoms with E-state index >= 15 is 0 Å². The Kier molecular flexibility index (Phi) is 3.90. The normalized spacial score (nSPS) is 10.7. The van der Waals surface area contributed by atoms with Crippen molar-refractivity contribution in [2.45, 2.75) is 6.42 Å². The first-order chi connectivity index (χ1) is 9.88. The Bertz CT molecular complexity index is 675. The minimum Gasteiger partial charge on any atom is -0.330 e. The number of hydrogen-bond donors (Lipinski definition) is 1. The molecule has 3 heteroatoms. The average Bonchev–Trinajstić information content (AvgIpc) is 2.94. The van der Waals surface area contributed by atoms with Crippen LogP contribution in [0.5, 0.6) is 0 Å². The SMILES string of the molecule is NCCc1sc(-c2ccccc2)nc1-c1ccccc1. The Hall–Kier alpha value is -1.97. The second-order valence-corrected chi connectivity index (χ2v) is 5.65. The van der Waals surface area contributed by atoms with Crippen molar-refractivity contribution in [2.75, 3.05) is 6.54 Å². The lowest BCUT2D eigenvalue weighted by Gasteiger charge is -2.00. The molecule has 0 amide bonds. The van der Waals surface area contributed by atoms with Gasteiger partial charge in [-0.25, -0.2) is 4.98 Å². The van der Waals surface area contributed by atoms with E-state index in [9.17, 15) is 0 Å². The number of aromatic nitrogens is 1. The van der Waals surface area contributed by atoms with E-state index in [0.29, 0.717) is 6.54 Å². The highest BCUT2D eigenvalue weighted by molar-refractivity contribution is 7.15. The molecule has 0 atom stereocenters. The Morgan fingerprint density at radius 3 is 2.05 bits per heavy atom. The third-order valence-electron chi connectivity index (χ3n) is 3.14. The van der Waals surface area contributed by atoms with E-state index in [1.165, 1.54) is 4.88 Å². The van der Waals surface area contributed by atoms with Crippen molar-refractivity contribution in [3.8, 4) is 21.8 Å². The van der Waals surface area contributed by atoms with Crippen LogP contribution in [-0.4, -0.2) is 11.5 Å². The van der Waals surface area contributed by atoms with E-state index in [1.807, 2.05) is 36.4 Å². The molecule has 0 unspecified atom stereocenters. The average molecular weight is 280 g/mol. The minimum atomic E-state index is 0.649. The Morgan fingerprint density at radius 1 is 0.850 bits per heavy atom. The number of rotatable bonds is 4. The smallest absolute Gasteiger partial charge is 0.124 e. The van der Waals surface area contributed by atoms with E-state index in [4.69, 9.17) is 10.7 Å². The Balaban J connectivity index is 2.08. The summed E-state index contributed by atoms with van der Waals surface area (Å²) < 4.78 is 0. The summed E-state index contributed by atoms with van der Waals surface area (Å²) in [4.78, 5) is 6.09. The lowest BCUT2D eigenvalue weighted by Crippen LogP contribution is -2.02. The number of nitrogens with zero attached hydrogens (tertiary/aromatic N) is 1. The molecule has 1 aromatic heterocycles. The molecule has 0 saturated heterocycles. The van der Waals surface area contributed by atoms with Crippen molar-refractivity contribution in [1.82, 2.24) is 4.98 Å². The third-order valence-corrected chi connectivity index (χ3v) is 4.30. The fourth-order valence-electron chi connectivity index (χ4n) is 2.18. The zero-order valence-corrected chi connectivity index (χ0v) is 11.9. The van der Waals surface area contributed by atoms with Crippen molar-refractivity contribution >= 4 is 11.3 Å². The van der Waals surface area contributed by atoms with Crippen molar-refractivity contribution < 1.29 is 0 Å². The monoisotopic (exact) mass is 280 g/mol. The van der Waals surface area contributed by atoms with Crippen molar-refractivity contribution in [3.05, 3.63) is 65.5 Å². The Morgan fingerprint density at radius 2 is 1.45 bits per heavy atom. The standard InChI is InChI=1S/C17H16N2S/c18-12-11-15-16(13-7-3-1-4-8-13)19-17(20-15)14-9-5-2-6-10-14/h1-10H,11-12,18H2. The summed E-state index contributed by atoms with van der Waals surface area (Å²) in [6, 6.07) is 20.6. The molecule has 2 nitrogen and oxygen atoms in total. The summed E-state index contributed by atoms with van der Waals surface area (Å²) in [5, 5.41) is 1.06. The zero-order valence-electron chi connectivity index (χ0n) is 11.1. The van der Waals surface area contributed by atoms with Gasteiger partial charge in [-0.1, -0.05) is 60.7 Å². The molecule has 3 rings (SSSR count). The molecule has 0 radical (unpaired) electrons. The van der Waals surface area contributed by atoms with Crippen LogP contribution in [-0.2, 0) is 6.42 Å². The first-order valence-corrected chi connectivity index (χ1v) is 7.51. The molecule has 0 aliphatic rings. The molecule has 0 aliphatic carbocycles. The van der Waals surface area contributed by atoms with E-state index < -0.39 is 0 Å². The molecule has 2 aromatic carbocycles. The summed E-state index contributed by atoms with van der Waals surface area (Å²) in [5.41, 5.74) is 9.13. The van der Waals surface area contributed by atoms with Gasteiger partial charge in [-0.2, -0.15) is 0 Å². The van der Waals surface area contributed by atoms with Crippen LogP contribution >= 0.6 is 11.3 Å². The lowest BCUT2D eigenvalue weighted by molar-refractivity contribution is 0.986. The fourth-order valence-corrected chi connectivity index (χ4v) is 3.28. The van der Waals surface area contributed by atoms with E-state index in [2.05, 4.69) is 24.3 Å². The van der Waals surface area contributed by atoms with Crippen LogP contribution in [0.1, 0.15) is 4.88 Å². The highest BCUT2D eigenvalue weighted by Crippen LogP contribution is 2.33. The predicted molar refractivity (Wildman–Crippen MR) is 85.7 cm³/mol. The largest absolute Gasteiger partial charge is 0.330 e. The molecule has 20 heavy (non-hydrogen) atoms. The van der Waals surface area contributed by atoms with Crippen LogP contribution < -0.4 is 5.73 Å². The molecule has 1 heterocycles. The van der Waals surface area contributed by atoms with Gasteiger partial charge >= 0.3 is 0 Å². The number of thiazole rings is 1. The summed E-state index contributed by atoms with van der Waals surface area (Å²) in [5.74, 6) is 0. The maximum atomic E-state index is 5.73. The second-order valence-electron chi connectivity index (χ2n) is 4.56. The first kappa shape index (κ1) is 13.0. The van der Waals surface area contributed by atoms with Gasteiger partial charge in [0.05, 0.1) is 5.69 Å². The highest BCUT2D eigenvalue weighted by atomic mass is 32.1. The third kappa shape index (κ3) is 2.64. The lowest BCUT2D eigenvalue weighted by atomic mass is 10.1. The quantitative estimate of drug-likeness (QED) is 0.785. The van der Waals surface area contributed by atoms with Crippen molar-refractivity contribution in [1.29, 1.82) is 0 Å². The van der Waals surface area contributed by atoms with Gasteiger partial charge in [0, 0.05) is 16.0 Å². The second kappa shape index (κ2) is 5.99. The number of benzene rings is 2. The summed E-state index contributed by atoms with van der Waals surface area (Å²) in [7, 11) is 0. The minimum absolute atomic E-state index is 0.649. The van der Waals surface area contributed by atoms with Gasteiger partial charge in [-0.3, -0.25) is 0 Å². The van der Waals surface area contributed by atoms with Gasteiger partial charge in [0.2, 0.25) is 0 Å². The molecule has 100 valence electrons. The number of nitrogens with two attached hydrogens (primary N) is 1. The zero-order chi connectivity index (χ0) is 13.8. The van der Waals surface area contributed by atoms with Gasteiger partial charge in [0.1, 0.15) is 5.01 Å². The molecule has 0 aliphatic heterocycles. The van der Waals surface area contributed by atoms with Crippen LogP contribution in [0.3, 0.4) is 0 Å². The molecule has 0 spiro atoms. The van der Waals surface area contributed by atoms with E-state index in [1.54, 1.807) is 11.3 Å². The van der Waals surface area contributed by atoms with Crippen molar-refractivity contribution in [2.24, 2.45) is 5.73 Å². The molecule has 0 bridgehead atoms. The van der Waals surface area contributed by atoms with Crippen molar-refractivity contribution in [3.63, 3.8) is 0 Å². The van der Waals surface area contributed by atoms with Gasteiger partial charge < -0.3 is 5.73 Å². The Labute approximate surface area is 122 Å². The van der Waals surface area contributed by atoms with Crippen LogP contribution in [0.2, 0.25) is 0 Å². The highest BCUT2D eigenvalue weighted by Gasteiger charge is 2.13. The van der Waals surface area contributed by atoms with Gasteiger partial charge in [-0.05, 0) is 13.0 Å². The fraction of sp³-hybridized carbons (Fsp3) is 0.118. The van der Waals surface area contributed by atoms with E-state index in [-0.39, 0.29) is 0 Å². The van der Waals surface area contributed by atoms with Crippen LogP contribution in [0.25, 0.3) is 21.8 Å². The molecule has 2 N–H and O–H groups in total. The molecule has 0 saturated carbocycles. The maximum Gasteiger partial charge on any atom is 0.124 e.